The molecule has 1 unspecified atom stereocenters. The van der Waals surface area contributed by atoms with Gasteiger partial charge in [0.05, 0.1) is 4.88 Å². The number of carboxylic acids is 1. The van der Waals surface area contributed by atoms with Gasteiger partial charge in [0, 0.05) is 17.3 Å². The van der Waals surface area contributed by atoms with Gasteiger partial charge < -0.3 is 15.3 Å². The second-order valence-corrected chi connectivity index (χ2v) is 6.92. The monoisotopic (exact) mass is 358 g/mol. The van der Waals surface area contributed by atoms with Crippen molar-refractivity contribution >= 4 is 34.8 Å². The third-order valence-electron chi connectivity index (χ3n) is 4.06. The van der Waals surface area contributed by atoms with Gasteiger partial charge in [0.15, 0.2) is 0 Å². The first-order chi connectivity index (χ1) is 12.0. The zero-order valence-corrected chi connectivity index (χ0v) is 14.5. The van der Waals surface area contributed by atoms with E-state index in [1.54, 1.807) is 36.4 Å². The van der Waals surface area contributed by atoms with E-state index in [1.165, 1.54) is 23.2 Å². The van der Waals surface area contributed by atoms with E-state index in [-0.39, 0.29) is 17.9 Å². The van der Waals surface area contributed by atoms with Gasteiger partial charge in [-0.25, -0.2) is 4.79 Å². The number of nitrogens with one attached hydrogen (secondary N) is 1. The van der Waals surface area contributed by atoms with Gasteiger partial charge in [-0.2, -0.15) is 0 Å². The van der Waals surface area contributed by atoms with Gasteiger partial charge in [-0.15, -0.1) is 11.3 Å². The van der Waals surface area contributed by atoms with Crippen LogP contribution in [0.25, 0.3) is 0 Å². The predicted molar refractivity (Wildman–Crippen MR) is 95.0 cm³/mol. The SMILES string of the molecule is CC(C(=O)O)N(C(=O)c1cccc(NC(=O)c2cccs2)c1)C1CC1. The molecule has 7 heteroatoms. The van der Waals surface area contributed by atoms with Crippen LogP contribution in [0.15, 0.2) is 41.8 Å². The number of rotatable bonds is 6. The molecule has 1 atom stereocenters. The highest BCUT2D eigenvalue weighted by Crippen LogP contribution is 2.30. The van der Waals surface area contributed by atoms with Crippen LogP contribution in [0.2, 0.25) is 0 Å². The van der Waals surface area contributed by atoms with Crippen LogP contribution in [0.3, 0.4) is 0 Å². The van der Waals surface area contributed by atoms with Crippen molar-refractivity contribution in [2.75, 3.05) is 5.32 Å². The Hall–Kier alpha value is -2.67. The third-order valence-corrected chi connectivity index (χ3v) is 4.93. The van der Waals surface area contributed by atoms with Crippen LogP contribution in [0.4, 0.5) is 5.69 Å². The fraction of sp³-hybridized carbons (Fsp3) is 0.278. The number of carboxylic acid groups (broad SMARTS) is 1. The molecule has 1 saturated carbocycles. The maximum Gasteiger partial charge on any atom is 0.326 e. The molecule has 130 valence electrons. The molecule has 1 aliphatic rings. The van der Waals surface area contributed by atoms with E-state index in [0.717, 1.165) is 12.8 Å². The summed E-state index contributed by atoms with van der Waals surface area (Å²) in [5.41, 5.74) is 0.868. The first kappa shape index (κ1) is 17.2. The van der Waals surface area contributed by atoms with Crippen LogP contribution >= 0.6 is 11.3 Å². The summed E-state index contributed by atoms with van der Waals surface area (Å²) < 4.78 is 0. The topological polar surface area (TPSA) is 86.7 Å². The molecular formula is C18H18N2O4S. The fourth-order valence-corrected chi connectivity index (χ4v) is 3.23. The van der Waals surface area contributed by atoms with Gasteiger partial charge in [0.1, 0.15) is 6.04 Å². The lowest BCUT2D eigenvalue weighted by molar-refractivity contribution is -0.141. The fourth-order valence-electron chi connectivity index (χ4n) is 2.61. The second-order valence-electron chi connectivity index (χ2n) is 5.97. The summed E-state index contributed by atoms with van der Waals surface area (Å²) >= 11 is 1.33. The Morgan fingerprint density at radius 1 is 1.24 bits per heavy atom. The molecule has 1 fully saturated rings. The molecule has 6 nitrogen and oxygen atoms in total. The molecule has 2 N–H and O–H groups in total. The summed E-state index contributed by atoms with van der Waals surface area (Å²) in [6.45, 7) is 1.51. The van der Waals surface area contributed by atoms with Crippen molar-refractivity contribution in [2.24, 2.45) is 0 Å². The van der Waals surface area contributed by atoms with Crippen LogP contribution in [0.1, 0.15) is 39.8 Å². The van der Waals surface area contributed by atoms with Crippen LogP contribution in [-0.4, -0.2) is 39.9 Å². The van der Waals surface area contributed by atoms with E-state index in [1.807, 2.05) is 5.38 Å². The molecule has 1 heterocycles. The zero-order chi connectivity index (χ0) is 18.0. The van der Waals surface area contributed by atoms with Crippen molar-refractivity contribution in [1.29, 1.82) is 0 Å². The summed E-state index contributed by atoms with van der Waals surface area (Å²) in [5.74, 6) is -1.59. The molecule has 0 saturated heterocycles. The number of carbonyl (C=O) groups excluding carboxylic acids is 2. The molecule has 1 aromatic heterocycles. The Bertz CT molecular complexity index is 799. The molecule has 2 aromatic rings. The van der Waals surface area contributed by atoms with Crippen molar-refractivity contribution in [3.63, 3.8) is 0 Å². The lowest BCUT2D eigenvalue weighted by Gasteiger charge is -2.26. The summed E-state index contributed by atoms with van der Waals surface area (Å²) in [6.07, 6.45) is 1.64. The van der Waals surface area contributed by atoms with E-state index in [0.29, 0.717) is 16.1 Å². The Morgan fingerprint density at radius 3 is 2.60 bits per heavy atom. The molecule has 25 heavy (non-hydrogen) atoms. The normalized spacial score (nSPS) is 14.6. The smallest absolute Gasteiger partial charge is 0.326 e. The number of thiophene rings is 1. The number of benzene rings is 1. The first-order valence-corrected chi connectivity index (χ1v) is 8.85. The number of anilines is 1. The van der Waals surface area contributed by atoms with E-state index in [2.05, 4.69) is 5.32 Å². The molecule has 0 aliphatic heterocycles. The number of amides is 2. The Labute approximate surface area is 149 Å². The summed E-state index contributed by atoms with van der Waals surface area (Å²) in [4.78, 5) is 38.2. The molecule has 0 radical (unpaired) electrons. The average Bonchev–Trinajstić information content (AvgIpc) is 3.26. The standard InChI is InChI=1S/C18H18N2O4S/c1-11(18(23)24)20(14-7-8-14)17(22)12-4-2-5-13(10-12)19-16(21)15-6-3-9-25-15/h2-6,9-11,14H,7-8H2,1H3,(H,19,21)(H,23,24). The lowest BCUT2D eigenvalue weighted by Crippen LogP contribution is -2.44. The van der Waals surface area contributed by atoms with Gasteiger partial charge in [-0.05, 0) is 49.4 Å². The Balaban J connectivity index is 1.79. The van der Waals surface area contributed by atoms with Gasteiger partial charge in [0.2, 0.25) is 0 Å². The van der Waals surface area contributed by atoms with Gasteiger partial charge in [0.25, 0.3) is 11.8 Å². The maximum atomic E-state index is 12.8. The summed E-state index contributed by atoms with van der Waals surface area (Å²) in [6, 6.07) is 9.19. The predicted octanol–water partition coefficient (Wildman–Crippen LogP) is 3.08. The minimum atomic E-state index is -1.03. The number of hydrogen-bond acceptors (Lipinski definition) is 4. The molecule has 0 spiro atoms. The highest BCUT2D eigenvalue weighted by Gasteiger charge is 2.38. The Morgan fingerprint density at radius 2 is 2.00 bits per heavy atom. The zero-order valence-electron chi connectivity index (χ0n) is 13.6. The second kappa shape index (κ2) is 7.06. The van der Waals surface area contributed by atoms with Gasteiger partial charge in [-0.1, -0.05) is 12.1 Å². The molecule has 1 aromatic carbocycles. The summed E-state index contributed by atoms with van der Waals surface area (Å²) in [5, 5.41) is 13.8. The number of carbonyl (C=O) groups is 3. The molecule has 3 rings (SSSR count). The van der Waals surface area contributed by atoms with Crippen molar-refractivity contribution < 1.29 is 19.5 Å². The van der Waals surface area contributed by atoms with Crippen molar-refractivity contribution in [3.8, 4) is 0 Å². The molecular weight excluding hydrogens is 340 g/mol. The van der Waals surface area contributed by atoms with E-state index in [4.69, 9.17) is 0 Å². The minimum Gasteiger partial charge on any atom is -0.480 e. The third kappa shape index (κ3) is 3.88. The van der Waals surface area contributed by atoms with E-state index < -0.39 is 12.0 Å². The number of hydrogen-bond donors (Lipinski definition) is 2. The van der Waals surface area contributed by atoms with Gasteiger partial charge in [-0.3, -0.25) is 9.59 Å². The Kier molecular flexibility index (Phi) is 4.85. The van der Waals surface area contributed by atoms with Crippen LogP contribution in [0.5, 0.6) is 0 Å². The summed E-state index contributed by atoms with van der Waals surface area (Å²) in [7, 11) is 0. The number of aliphatic carboxylic acids is 1. The van der Waals surface area contributed by atoms with E-state index in [9.17, 15) is 19.5 Å². The highest BCUT2D eigenvalue weighted by atomic mass is 32.1. The van der Waals surface area contributed by atoms with Crippen molar-refractivity contribution in [3.05, 3.63) is 52.2 Å². The van der Waals surface area contributed by atoms with Crippen LogP contribution in [0, 0.1) is 0 Å². The molecule has 2 amide bonds. The highest BCUT2D eigenvalue weighted by molar-refractivity contribution is 7.12. The van der Waals surface area contributed by atoms with Crippen LogP contribution in [-0.2, 0) is 4.79 Å². The van der Waals surface area contributed by atoms with Crippen LogP contribution < -0.4 is 5.32 Å². The van der Waals surface area contributed by atoms with E-state index >= 15 is 0 Å². The minimum absolute atomic E-state index is 0.0250. The number of nitrogens with zero attached hydrogens (tertiary/aromatic N) is 1. The molecule has 1 aliphatic carbocycles. The van der Waals surface area contributed by atoms with Crippen molar-refractivity contribution in [1.82, 2.24) is 4.90 Å². The average molecular weight is 358 g/mol. The quantitative estimate of drug-likeness (QED) is 0.831. The lowest BCUT2D eigenvalue weighted by atomic mass is 10.1. The van der Waals surface area contributed by atoms with Gasteiger partial charge >= 0.3 is 5.97 Å². The largest absolute Gasteiger partial charge is 0.480 e. The maximum absolute atomic E-state index is 12.8. The van der Waals surface area contributed by atoms with Crippen molar-refractivity contribution in [2.45, 2.75) is 31.8 Å². The molecule has 0 bridgehead atoms. The first-order valence-electron chi connectivity index (χ1n) is 7.98.